The van der Waals surface area contributed by atoms with Crippen molar-refractivity contribution in [2.75, 3.05) is 50.2 Å². The highest BCUT2D eigenvalue weighted by molar-refractivity contribution is 6.07. The van der Waals surface area contributed by atoms with E-state index in [4.69, 9.17) is 9.47 Å². The van der Waals surface area contributed by atoms with Crippen LogP contribution < -0.4 is 20.3 Å². The summed E-state index contributed by atoms with van der Waals surface area (Å²) in [5.74, 6) is -1.69. The summed E-state index contributed by atoms with van der Waals surface area (Å²) >= 11 is 0. The van der Waals surface area contributed by atoms with Crippen LogP contribution in [-0.2, 0) is 4.74 Å². The first-order valence-electron chi connectivity index (χ1n) is 12.2. The Kier molecular flexibility index (Phi) is 7.91. The van der Waals surface area contributed by atoms with Crippen LogP contribution in [0.3, 0.4) is 0 Å². The lowest BCUT2D eigenvalue weighted by atomic mass is 9.97. The summed E-state index contributed by atoms with van der Waals surface area (Å²) < 4.78 is 26.9. The maximum absolute atomic E-state index is 14.9. The van der Waals surface area contributed by atoms with E-state index in [1.807, 2.05) is 25.7 Å². The van der Waals surface area contributed by atoms with E-state index in [2.05, 4.69) is 25.9 Å². The van der Waals surface area contributed by atoms with Crippen molar-refractivity contribution in [1.29, 1.82) is 0 Å². The van der Waals surface area contributed by atoms with Crippen LogP contribution in [0.1, 0.15) is 47.3 Å². The van der Waals surface area contributed by atoms with Crippen molar-refractivity contribution in [3.05, 3.63) is 53.4 Å². The monoisotopic (exact) mass is 525 g/mol. The predicted molar refractivity (Wildman–Crippen MR) is 140 cm³/mol. The Morgan fingerprint density at radius 1 is 1.16 bits per heavy atom. The lowest BCUT2D eigenvalue weighted by Crippen LogP contribution is -2.36. The number of hydrogen-bond donors (Lipinski definition) is 2. The molecule has 12 heteroatoms. The van der Waals surface area contributed by atoms with Gasteiger partial charge in [-0.1, -0.05) is 26.0 Å². The Morgan fingerprint density at radius 2 is 1.89 bits per heavy atom. The first-order chi connectivity index (χ1) is 18.1. The van der Waals surface area contributed by atoms with E-state index in [1.54, 1.807) is 19.1 Å². The molecule has 1 fully saturated rings. The third-order valence-electron chi connectivity index (χ3n) is 5.92. The van der Waals surface area contributed by atoms with Crippen LogP contribution >= 0.6 is 0 Å². The van der Waals surface area contributed by atoms with Gasteiger partial charge in [0.05, 0.1) is 55.3 Å². The van der Waals surface area contributed by atoms with Crippen LogP contribution in [0.15, 0.2) is 30.6 Å². The van der Waals surface area contributed by atoms with Crippen LogP contribution in [0.2, 0.25) is 0 Å². The highest BCUT2D eigenvalue weighted by Gasteiger charge is 2.22. The zero-order valence-corrected chi connectivity index (χ0v) is 22.2. The summed E-state index contributed by atoms with van der Waals surface area (Å²) in [6, 6.07) is 4.61. The number of aryl methyl sites for hydroxylation is 1. The fourth-order valence-corrected chi connectivity index (χ4v) is 3.90. The number of aromatic nitrogens is 4. The number of halogens is 1. The lowest BCUT2D eigenvalue weighted by Gasteiger charge is -2.29. The topological polar surface area (TPSA) is 124 Å². The summed E-state index contributed by atoms with van der Waals surface area (Å²) in [5, 5.41) is 13.6. The first kappa shape index (κ1) is 27.0. The van der Waals surface area contributed by atoms with Crippen molar-refractivity contribution in [2.24, 2.45) is 5.41 Å². The number of hydrogen-bond acceptors (Lipinski definition) is 8. The van der Waals surface area contributed by atoms with Gasteiger partial charge in [0.1, 0.15) is 0 Å². The average Bonchev–Trinajstić information content (AvgIpc) is 3.38. The van der Waals surface area contributed by atoms with Crippen LogP contribution in [0.5, 0.6) is 5.75 Å². The Balaban J connectivity index is 1.56. The Labute approximate surface area is 220 Å². The molecular weight excluding hydrogens is 493 g/mol. The van der Waals surface area contributed by atoms with Gasteiger partial charge in [-0.05, 0) is 24.5 Å². The van der Waals surface area contributed by atoms with Gasteiger partial charge in [0.15, 0.2) is 17.3 Å². The number of rotatable bonds is 7. The highest BCUT2D eigenvalue weighted by Crippen LogP contribution is 2.30. The quantitative estimate of drug-likeness (QED) is 0.483. The minimum atomic E-state index is -0.635. The van der Waals surface area contributed by atoms with Crippen molar-refractivity contribution in [3.63, 3.8) is 0 Å². The minimum absolute atomic E-state index is 0.0506. The minimum Gasteiger partial charge on any atom is -0.493 e. The van der Waals surface area contributed by atoms with E-state index in [0.29, 0.717) is 55.6 Å². The number of benzene rings is 1. The number of methoxy groups -OCH3 is 1. The van der Waals surface area contributed by atoms with Gasteiger partial charge in [-0.25, -0.2) is 9.07 Å². The second-order valence-corrected chi connectivity index (χ2v) is 10.2. The van der Waals surface area contributed by atoms with Gasteiger partial charge < -0.3 is 25.0 Å². The van der Waals surface area contributed by atoms with E-state index in [0.717, 1.165) is 0 Å². The second-order valence-electron chi connectivity index (χ2n) is 10.2. The van der Waals surface area contributed by atoms with E-state index in [-0.39, 0.29) is 28.3 Å². The molecule has 1 aromatic carbocycles. The molecule has 0 unspecified atom stereocenters. The summed E-state index contributed by atoms with van der Waals surface area (Å²) in [5.41, 5.74) is 2.17. The SMILES string of the molecule is COc1c(F)cc(N2CCOCC2)cc1C(=O)Nc1cnc(C)c(-n2cc(C(=O)NCC(C)(C)C)nn2)c1. The number of ether oxygens (including phenoxy) is 2. The Hall–Kier alpha value is -4.06. The molecule has 0 radical (unpaired) electrons. The smallest absolute Gasteiger partial charge is 0.273 e. The largest absolute Gasteiger partial charge is 0.493 e. The molecule has 2 amide bonds. The number of carbonyl (C=O) groups is 2. The van der Waals surface area contributed by atoms with Gasteiger partial charge in [0, 0.05) is 31.4 Å². The number of nitrogens with zero attached hydrogens (tertiary/aromatic N) is 5. The lowest BCUT2D eigenvalue weighted by molar-refractivity contribution is 0.0933. The molecule has 38 heavy (non-hydrogen) atoms. The van der Waals surface area contributed by atoms with Gasteiger partial charge >= 0.3 is 0 Å². The third-order valence-corrected chi connectivity index (χ3v) is 5.92. The summed E-state index contributed by atoms with van der Waals surface area (Å²) in [4.78, 5) is 32.0. The molecule has 4 rings (SSSR count). The molecule has 0 bridgehead atoms. The maximum Gasteiger partial charge on any atom is 0.273 e. The van der Waals surface area contributed by atoms with E-state index in [9.17, 15) is 14.0 Å². The molecule has 202 valence electrons. The van der Waals surface area contributed by atoms with Crippen molar-refractivity contribution in [1.82, 2.24) is 25.3 Å². The number of nitrogens with one attached hydrogen (secondary N) is 2. The number of amides is 2. The molecule has 1 aliphatic rings. The number of anilines is 2. The molecule has 1 saturated heterocycles. The molecule has 1 aliphatic heterocycles. The number of morpholine rings is 1. The summed E-state index contributed by atoms with van der Waals surface area (Å²) in [6.45, 7) is 10.5. The zero-order valence-electron chi connectivity index (χ0n) is 22.2. The van der Waals surface area contributed by atoms with Gasteiger partial charge in [-0.2, -0.15) is 0 Å². The Bertz CT molecular complexity index is 1330. The number of carbonyl (C=O) groups excluding carboxylic acids is 2. The van der Waals surface area contributed by atoms with Crippen molar-refractivity contribution in [3.8, 4) is 11.4 Å². The van der Waals surface area contributed by atoms with Gasteiger partial charge in [0.25, 0.3) is 11.8 Å². The highest BCUT2D eigenvalue weighted by atomic mass is 19.1. The molecule has 11 nitrogen and oxygen atoms in total. The maximum atomic E-state index is 14.9. The third kappa shape index (κ3) is 6.25. The van der Waals surface area contributed by atoms with Crippen LogP contribution in [0.25, 0.3) is 5.69 Å². The van der Waals surface area contributed by atoms with Gasteiger partial charge in [-0.15, -0.1) is 5.10 Å². The molecule has 0 aliphatic carbocycles. The number of pyridine rings is 1. The van der Waals surface area contributed by atoms with Crippen LogP contribution in [-0.4, -0.2) is 71.8 Å². The molecular formula is C26H32FN7O4. The molecule has 3 heterocycles. The van der Waals surface area contributed by atoms with Crippen molar-refractivity contribution in [2.45, 2.75) is 27.7 Å². The van der Waals surface area contributed by atoms with Crippen molar-refractivity contribution < 1.29 is 23.5 Å². The fraction of sp³-hybridized carbons (Fsp3) is 0.423. The van der Waals surface area contributed by atoms with Crippen LogP contribution in [0, 0.1) is 18.2 Å². The van der Waals surface area contributed by atoms with Gasteiger partial charge in [0.2, 0.25) is 0 Å². The molecule has 2 N–H and O–H groups in total. The van der Waals surface area contributed by atoms with E-state index >= 15 is 0 Å². The fourth-order valence-electron chi connectivity index (χ4n) is 3.90. The first-order valence-corrected chi connectivity index (χ1v) is 12.2. The standard InChI is InChI=1S/C26H32FN7O4/c1-16-22(34-14-21(31-32-34)25(36)29-15-26(2,3)4)10-17(13-28-16)30-24(35)19-11-18(12-20(27)23(19)37-5)33-6-8-38-9-7-33/h10-14H,6-9,15H2,1-5H3,(H,29,36)(H,30,35). The molecule has 0 saturated carbocycles. The predicted octanol–water partition coefficient (Wildman–Crippen LogP) is 2.98. The molecule has 0 atom stereocenters. The zero-order chi connectivity index (χ0) is 27.4. The summed E-state index contributed by atoms with van der Waals surface area (Å²) in [6.07, 6.45) is 2.98. The molecule has 3 aromatic rings. The normalized spacial score (nSPS) is 13.8. The van der Waals surface area contributed by atoms with Crippen molar-refractivity contribution >= 4 is 23.2 Å². The Morgan fingerprint density at radius 3 is 2.58 bits per heavy atom. The average molecular weight is 526 g/mol. The van der Waals surface area contributed by atoms with E-state index in [1.165, 1.54) is 30.3 Å². The summed E-state index contributed by atoms with van der Waals surface area (Å²) in [7, 11) is 1.31. The molecule has 2 aromatic heterocycles. The van der Waals surface area contributed by atoms with E-state index < -0.39 is 11.7 Å². The van der Waals surface area contributed by atoms with Crippen LogP contribution in [0.4, 0.5) is 15.8 Å². The van der Waals surface area contributed by atoms with Gasteiger partial charge in [-0.3, -0.25) is 14.6 Å². The molecule has 0 spiro atoms. The second kappa shape index (κ2) is 11.1.